The zero-order chi connectivity index (χ0) is 14.6. The first-order chi connectivity index (χ1) is 8.67. The Bertz CT molecular complexity index is 467. The van der Waals surface area contributed by atoms with E-state index in [4.69, 9.17) is 9.84 Å². The number of nitrogens with zero attached hydrogens (tertiary/aromatic N) is 2. The fourth-order valence-corrected chi connectivity index (χ4v) is 1.43. The predicted molar refractivity (Wildman–Crippen MR) is 70.7 cm³/mol. The van der Waals surface area contributed by atoms with Crippen LogP contribution in [0.25, 0.3) is 0 Å². The fourth-order valence-electron chi connectivity index (χ4n) is 1.43. The van der Waals surface area contributed by atoms with Crippen LogP contribution >= 0.6 is 0 Å². The molecule has 0 aliphatic carbocycles. The summed E-state index contributed by atoms with van der Waals surface area (Å²) in [7, 11) is 1.79. The lowest BCUT2D eigenvalue weighted by Crippen LogP contribution is -2.44. The molecule has 0 radical (unpaired) electrons. The average Bonchev–Trinajstić information content (AvgIpc) is 2.60. The van der Waals surface area contributed by atoms with Gasteiger partial charge >= 0.3 is 12.1 Å². The van der Waals surface area contributed by atoms with Gasteiger partial charge in [-0.05, 0) is 20.8 Å². The van der Waals surface area contributed by atoms with Gasteiger partial charge in [0.15, 0.2) is 0 Å². The Morgan fingerprint density at radius 1 is 1.58 bits per heavy atom. The van der Waals surface area contributed by atoms with Crippen molar-refractivity contribution in [1.29, 1.82) is 0 Å². The van der Waals surface area contributed by atoms with Crippen molar-refractivity contribution in [3.05, 3.63) is 18.2 Å². The highest BCUT2D eigenvalue weighted by atomic mass is 16.6. The first-order valence-electron chi connectivity index (χ1n) is 5.86. The lowest BCUT2D eigenvalue weighted by molar-refractivity contribution is -0.139. The van der Waals surface area contributed by atoms with Gasteiger partial charge in [-0.3, -0.25) is 0 Å². The van der Waals surface area contributed by atoms with E-state index < -0.39 is 23.7 Å². The number of carboxylic acid groups (broad SMARTS) is 1. The first kappa shape index (κ1) is 15.1. The minimum Gasteiger partial charge on any atom is -0.480 e. The Morgan fingerprint density at radius 3 is 2.63 bits per heavy atom. The van der Waals surface area contributed by atoms with Gasteiger partial charge in [0.05, 0.1) is 12.0 Å². The Morgan fingerprint density at radius 2 is 2.21 bits per heavy atom. The summed E-state index contributed by atoms with van der Waals surface area (Å²) in [5.41, 5.74) is -0.0797. The van der Waals surface area contributed by atoms with Crippen molar-refractivity contribution in [2.24, 2.45) is 0 Å². The summed E-state index contributed by atoms with van der Waals surface area (Å²) in [6.07, 6.45) is 2.62. The molecule has 8 heteroatoms. The van der Waals surface area contributed by atoms with Crippen LogP contribution in [0.15, 0.2) is 12.5 Å². The third-order valence-electron chi connectivity index (χ3n) is 2.16. The number of alkyl carbamates (subject to hydrolysis) is 1. The highest BCUT2D eigenvalue weighted by molar-refractivity contribution is 6.06. The molecule has 0 saturated carbocycles. The summed E-state index contributed by atoms with van der Waals surface area (Å²) in [6, 6.07) is -1.07. The number of carboxylic acids is 1. The molecule has 0 aromatic carbocycles. The number of rotatable bonds is 4. The number of carbonyl (C=O) groups excluding carboxylic acids is 1. The maximum atomic E-state index is 11.5. The van der Waals surface area contributed by atoms with Gasteiger partial charge in [0.25, 0.3) is 0 Å². The molecular weight excluding hydrogens is 249 g/mol. The quantitative estimate of drug-likeness (QED) is 0.737. The van der Waals surface area contributed by atoms with E-state index in [-0.39, 0.29) is 6.42 Å². The number of aliphatic carboxylic acids is 1. The number of nitrogens with one attached hydrogen (secondary N) is 1. The van der Waals surface area contributed by atoms with Crippen LogP contribution in [0.1, 0.15) is 26.5 Å². The molecule has 0 spiro atoms. The number of imidazole rings is 1. The van der Waals surface area contributed by atoms with Crippen LogP contribution in [0.4, 0.5) is 4.79 Å². The normalized spacial score (nSPS) is 12.8. The molecule has 0 aliphatic rings. The molecule has 1 aromatic heterocycles. The van der Waals surface area contributed by atoms with E-state index in [2.05, 4.69) is 10.3 Å². The summed E-state index contributed by atoms with van der Waals surface area (Å²) < 4.78 is 6.73. The minimum absolute atomic E-state index is 0.107. The average molecular weight is 267 g/mol. The third-order valence-corrected chi connectivity index (χ3v) is 2.16. The monoisotopic (exact) mass is 267 g/mol. The molecule has 1 rings (SSSR count). The van der Waals surface area contributed by atoms with Gasteiger partial charge in [0.2, 0.25) is 7.98 Å². The molecule has 1 amide bonds. The van der Waals surface area contributed by atoms with Crippen molar-refractivity contribution in [2.75, 3.05) is 0 Å². The van der Waals surface area contributed by atoms with Crippen LogP contribution in [0, 0.1) is 0 Å². The fraction of sp³-hybridized carbons (Fsp3) is 0.545. The van der Waals surface area contributed by atoms with Crippen LogP contribution in [0.3, 0.4) is 0 Å². The van der Waals surface area contributed by atoms with Gasteiger partial charge in [-0.2, -0.15) is 0 Å². The SMILES string of the molecule is Bn1cnc(CC(NC(=O)OC(C)(C)C)C(=O)O)c1. The number of amides is 1. The number of aromatic nitrogens is 2. The van der Waals surface area contributed by atoms with Gasteiger partial charge in [-0.25, -0.2) is 14.6 Å². The van der Waals surface area contributed by atoms with Crippen molar-refractivity contribution in [2.45, 2.75) is 38.8 Å². The summed E-state index contributed by atoms with van der Waals surface area (Å²) >= 11 is 0. The van der Waals surface area contributed by atoms with Crippen molar-refractivity contribution in [1.82, 2.24) is 14.8 Å². The van der Waals surface area contributed by atoms with Gasteiger partial charge < -0.3 is 19.6 Å². The molecule has 1 heterocycles. The van der Waals surface area contributed by atoms with Crippen LogP contribution in [-0.4, -0.2) is 46.3 Å². The van der Waals surface area contributed by atoms with E-state index in [9.17, 15) is 9.59 Å². The number of hydrogen-bond acceptors (Lipinski definition) is 4. The van der Waals surface area contributed by atoms with E-state index in [0.717, 1.165) is 0 Å². The predicted octanol–water partition coefficient (Wildman–Crippen LogP) is -0.200. The highest BCUT2D eigenvalue weighted by Gasteiger charge is 2.24. The summed E-state index contributed by atoms with van der Waals surface area (Å²) in [5.74, 6) is -1.13. The molecule has 1 aromatic rings. The zero-order valence-corrected chi connectivity index (χ0v) is 11.5. The van der Waals surface area contributed by atoms with E-state index in [1.165, 1.54) is 0 Å². The second-order valence-electron chi connectivity index (χ2n) is 5.27. The standard InChI is InChI=1S/C11H18BN3O4/c1-11(2,3)19-10(18)14-8(9(16)17)4-7-5-15(12)6-13-7/h5-6,8H,4,12H2,1-3H3,(H,14,18)(H,16,17). The third kappa shape index (κ3) is 5.45. The van der Waals surface area contributed by atoms with Gasteiger partial charge in [0.1, 0.15) is 11.6 Å². The molecule has 0 bridgehead atoms. The molecule has 0 aliphatic heterocycles. The van der Waals surface area contributed by atoms with E-state index in [1.54, 1.807) is 45.8 Å². The second kappa shape index (κ2) is 5.77. The lowest BCUT2D eigenvalue weighted by Gasteiger charge is -2.21. The van der Waals surface area contributed by atoms with Crippen LogP contribution < -0.4 is 5.32 Å². The number of ether oxygens (including phenoxy) is 1. The van der Waals surface area contributed by atoms with Crippen LogP contribution in [0.2, 0.25) is 0 Å². The van der Waals surface area contributed by atoms with Crippen molar-refractivity contribution < 1.29 is 19.4 Å². The van der Waals surface area contributed by atoms with Gasteiger partial charge in [-0.15, -0.1) is 0 Å². The van der Waals surface area contributed by atoms with Crippen LogP contribution in [-0.2, 0) is 16.0 Å². The minimum atomic E-state index is -1.13. The molecule has 0 fully saturated rings. The van der Waals surface area contributed by atoms with Crippen LogP contribution in [0.5, 0.6) is 0 Å². The lowest BCUT2D eigenvalue weighted by atomic mass is 10.1. The van der Waals surface area contributed by atoms with Crippen molar-refractivity contribution >= 4 is 20.0 Å². The first-order valence-corrected chi connectivity index (χ1v) is 5.86. The van der Waals surface area contributed by atoms with Gasteiger partial charge in [-0.1, -0.05) is 0 Å². The summed E-state index contributed by atoms with van der Waals surface area (Å²) in [4.78, 5) is 26.7. The van der Waals surface area contributed by atoms with E-state index in [1.807, 2.05) is 0 Å². The Labute approximate surface area is 112 Å². The summed E-state index contributed by atoms with van der Waals surface area (Å²) in [5, 5.41) is 11.4. The van der Waals surface area contributed by atoms with Crippen molar-refractivity contribution in [3.8, 4) is 0 Å². The highest BCUT2D eigenvalue weighted by Crippen LogP contribution is 2.07. The van der Waals surface area contributed by atoms with E-state index >= 15 is 0 Å². The number of carbonyl (C=O) groups is 2. The van der Waals surface area contributed by atoms with Crippen molar-refractivity contribution in [3.63, 3.8) is 0 Å². The molecule has 19 heavy (non-hydrogen) atoms. The smallest absolute Gasteiger partial charge is 0.408 e. The maximum absolute atomic E-state index is 11.5. The Balaban J connectivity index is 2.63. The molecule has 1 unspecified atom stereocenters. The largest absolute Gasteiger partial charge is 0.480 e. The molecule has 1 atom stereocenters. The molecule has 0 saturated heterocycles. The maximum Gasteiger partial charge on any atom is 0.408 e. The Kier molecular flexibility index (Phi) is 4.58. The summed E-state index contributed by atoms with van der Waals surface area (Å²) in [6.45, 7) is 5.13. The number of hydrogen-bond donors (Lipinski definition) is 2. The van der Waals surface area contributed by atoms with E-state index in [0.29, 0.717) is 5.69 Å². The Hall–Kier alpha value is -1.99. The second-order valence-corrected chi connectivity index (χ2v) is 5.27. The molecule has 2 N–H and O–H groups in total. The topological polar surface area (TPSA) is 93.5 Å². The zero-order valence-electron chi connectivity index (χ0n) is 11.5. The van der Waals surface area contributed by atoms with Gasteiger partial charge in [0, 0.05) is 12.6 Å². The molecular formula is C11H18BN3O4. The molecule has 104 valence electrons. The molecule has 7 nitrogen and oxygen atoms in total.